The molecule has 4 heteroatoms. The number of aromatic amines is 1. The first kappa shape index (κ1) is 10.5. The molecular weight excluding hydrogens is 216 g/mol. The van der Waals surface area contributed by atoms with Crippen molar-refractivity contribution in [2.75, 3.05) is 14.2 Å². The Morgan fingerprint density at radius 3 is 2.76 bits per heavy atom. The maximum absolute atomic E-state index is 5.98. The fourth-order valence-corrected chi connectivity index (χ4v) is 2.66. The maximum atomic E-state index is 5.98. The Balaban J connectivity index is 2.27. The molecule has 17 heavy (non-hydrogen) atoms. The minimum absolute atomic E-state index is 0.229. The summed E-state index contributed by atoms with van der Waals surface area (Å²) in [5.41, 5.74) is 9.58. The first-order chi connectivity index (χ1) is 8.22. The van der Waals surface area contributed by atoms with Crippen molar-refractivity contribution in [1.29, 1.82) is 0 Å². The molecule has 1 unspecified atom stereocenters. The summed E-state index contributed by atoms with van der Waals surface area (Å²) in [7, 11) is 3.34. The van der Waals surface area contributed by atoms with E-state index in [2.05, 4.69) is 4.98 Å². The van der Waals surface area contributed by atoms with Gasteiger partial charge >= 0.3 is 0 Å². The van der Waals surface area contributed by atoms with Crippen LogP contribution in [0.1, 0.15) is 11.3 Å². The fraction of sp³-hybridized carbons (Fsp3) is 0.385. The molecule has 90 valence electrons. The summed E-state index contributed by atoms with van der Waals surface area (Å²) >= 11 is 0. The van der Waals surface area contributed by atoms with Gasteiger partial charge in [-0.15, -0.1) is 0 Å². The Morgan fingerprint density at radius 2 is 2.06 bits per heavy atom. The molecule has 3 rings (SSSR count). The van der Waals surface area contributed by atoms with Crippen molar-refractivity contribution in [3.63, 3.8) is 0 Å². The molecule has 1 aliphatic rings. The van der Waals surface area contributed by atoms with E-state index in [0.717, 1.165) is 35.2 Å². The van der Waals surface area contributed by atoms with E-state index in [-0.39, 0.29) is 6.04 Å². The van der Waals surface area contributed by atoms with Gasteiger partial charge in [-0.1, -0.05) is 0 Å². The van der Waals surface area contributed by atoms with E-state index >= 15 is 0 Å². The Bertz CT molecular complexity index is 574. The van der Waals surface area contributed by atoms with Gasteiger partial charge in [0, 0.05) is 35.7 Å². The number of ether oxygens (including phenoxy) is 2. The average molecular weight is 232 g/mol. The molecule has 3 N–H and O–H groups in total. The summed E-state index contributed by atoms with van der Waals surface area (Å²) in [6.45, 7) is 0. The zero-order chi connectivity index (χ0) is 12.0. The average Bonchev–Trinajstić information content (AvgIpc) is 2.82. The lowest BCUT2D eigenvalue weighted by molar-refractivity contribution is 0.398. The second-order valence-electron chi connectivity index (χ2n) is 4.50. The van der Waals surface area contributed by atoms with Crippen LogP contribution in [0.3, 0.4) is 0 Å². The van der Waals surface area contributed by atoms with Crippen molar-refractivity contribution in [2.24, 2.45) is 5.73 Å². The van der Waals surface area contributed by atoms with Crippen LogP contribution in [-0.2, 0) is 12.8 Å². The summed E-state index contributed by atoms with van der Waals surface area (Å²) in [4.78, 5) is 3.42. The van der Waals surface area contributed by atoms with Crippen LogP contribution in [0, 0.1) is 0 Å². The molecule has 0 saturated heterocycles. The van der Waals surface area contributed by atoms with Gasteiger partial charge in [0.1, 0.15) is 11.5 Å². The van der Waals surface area contributed by atoms with Gasteiger partial charge < -0.3 is 20.2 Å². The minimum atomic E-state index is 0.229. The molecule has 1 heterocycles. The number of H-pyrrole nitrogens is 1. The number of aromatic nitrogens is 1. The topological polar surface area (TPSA) is 60.3 Å². The lowest BCUT2D eigenvalue weighted by Gasteiger charge is -2.07. The van der Waals surface area contributed by atoms with Gasteiger partial charge in [0.25, 0.3) is 0 Å². The number of rotatable bonds is 2. The monoisotopic (exact) mass is 232 g/mol. The largest absolute Gasteiger partial charge is 0.497 e. The fourth-order valence-electron chi connectivity index (χ4n) is 2.66. The van der Waals surface area contributed by atoms with E-state index in [1.54, 1.807) is 14.2 Å². The van der Waals surface area contributed by atoms with E-state index < -0.39 is 0 Å². The smallest absolute Gasteiger partial charge is 0.132 e. The third-order valence-corrected chi connectivity index (χ3v) is 3.42. The van der Waals surface area contributed by atoms with Crippen molar-refractivity contribution < 1.29 is 9.47 Å². The van der Waals surface area contributed by atoms with E-state index in [1.807, 2.05) is 12.1 Å². The summed E-state index contributed by atoms with van der Waals surface area (Å²) in [5, 5.41) is 1.15. The van der Waals surface area contributed by atoms with Crippen LogP contribution in [-0.4, -0.2) is 25.2 Å². The van der Waals surface area contributed by atoms with Crippen molar-refractivity contribution in [3.8, 4) is 11.5 Å². The summed E-state index contributed by atoms with van der Waals surface area (Å²) in [5.74, 6) is 1.66. The zero-order valence-corrected chi connectivity index (χ0v) is 10.0. The number of hydrogen-bond donors (Lipinski definition) is 2. The standard InChI is InChI=1S/C13H16N2O2/c1-16-8-5-11-13(12(6-8)17-2)9-3-7(14)4-10(9)15-11/h5-7,15H,3-4,14H2,1-2H3. The Hall–Kier alpha value is -1.68. The van der Waals surface area contributed by atoms with Crippen molar-refractivity contribution >= 4 is 10.9 Å². The highest BCUT2D eigenvalue weighted by Gasteiger charge is 2.25. The van der Waals surface area contributed by atoms with Crippen LogP contribution in [0.4, 0.5) is 0 Å². The molecule has 1 aromatic carbocycles. The van der Waals surface area contributed by atoms with Crippen LogP contribution in [0.25, 0.3) is 10.9 Å². The second kappa shape index (κ2) is 3.67. The summed E-state index contributed by atoms with van der Waals surface area (Å²) in [6.07, 6.45) is 1.83. The minimum Gasteiger partial charge on any atom is -0.497 e. The highest BCUT2D eigenvalue weighted by molar-refractivity contribution is 5.92. The van der Waals surface area contributed by atoms with Crippen LogP contribution in [0.5, 0.6) is 11.5 Å². The van der Waals surface area contributed by atoms with E-state index in [9.17, 15) is 0 Å². The van der Waals surface area contributed by atoms with E-state index in [4.69, 9.17) is 15.2 Å². The lowest BCUT2D eigenvalue weighted by Crippen LogP contribution is -2.19. The first-order valence-electron chi connectivity index (χ1n) is 5.74. The molecule has 0 saturated carbocycles. The van der Waals surface area contributed by atoms with Gasteiger partial charge in [-0.3, -0.25) is 0 Å². The molecule has 0 radical (unpaired) electrons. The molecule has 0 aliphatic heterocycles. The molecular formula is C13H16N2O2. The first-order valence-corrected chi connectivity index (χ1v) is 5.74. The number of nitrogens with two attached hydrogens (primary N) is 1. The molecule has 1 atom stereocenters. The van der Waals surface area contributed by atoms with Gasteiger partial charge in [-0.05, 0) is 12.0 Å². The van der Waals surface area contributed by atoms with E-state index in [1.165, 1.54) is 11.3 Å². The number of fused-ring (bicyclic) bond motifs is 3. The van der Waals surface area contributed by atoms with E-state index in [0.29, 0.717) is 0 Å². The molecule has 4 nitrogen and oxygen atoms in total. The predicted octanol–water partition coefficient (Wildman–Crippen LogP) is 1.61. The maximum Gasteiger partial charge on any atom is 0.132 e. The SMILES string of the molecule is COc1cc(OC)c2c3c([nH]c2c1)CC(N)C3. The summed E-state index contributed by atoms with van der Waals surface area (Å²) < 4.78 is 10.7. The molecule has 0 amide bonds. The Labute approximate surface area is 99.7 Å². The zero-order valence-electron chi connectivity index (χ0n) is 10.0. The van der Waals surface area contributed by atoms with Crippen LogP contribution in [0.2, 0.25) is 0 Å². The number of methoxy groups -OCH3 is 2. The Morgan fingerprint density at radius 1 is 1.24 bits per heavy atom. The van der Waals surface area contributed by atoms with Gasteiger partial charge in [0.15, 0.2) is 0 Å². The molecule has 1 aromatic heterocycles. The summed E-state index contributed by atoms with van der Waals surface area (Å²) in [6, 6.07) is 4.15. The Kier molecular flexibility index (Phi) is 2.26. The van der Waals surface area contributed by atoms with Crippen LogP contribution >= 0.6 is 0 Å². The highest BCUT2D eigenvalue weighted by atomic mass is 16.5. The van der Waals surface area contributed by atoms with Crippen molar-refractivity contribution in [1.82, 2.24) is 4.98 Å². The molecule has 0 spiro atoms. The van der Waals surface area contributed by atoms with Gasteiger partial charge in [0.2, 0.25) is 0 Å². The van der Waals surface area contributed by atoms with Crippen LogP contribution in [0.15, 0.2) is 12.1 Å². The second-order valence-corrected chi connectivity index (χ2v) is 4.50. The van der Waals surface area contributed by atoms with Gasteiger partial charge in [0.05, 0.1) is 19.7 Å². The number of nitrogens with one attached hydrogen (secondary N) is 1. The van der Waals surface area contributed by atoms with Crippen molar-refractivity contribution in [3.05, 3.63) is 23.4 Å². The molecule has 1 aliphatic carbocycles. The number of hydrogen-bond acceptors (Lipinski definition) is 3. The van der Waals surface area contributed by atoms with Crippen LogP contribution < -0.4 is 15.2 Å². The quantitative estimate of drug-likeness (QED) is 0.827. The molecule has 0 bridgehead atoms. The third kappa shape index (κ3) is 1.48. The normalized spacial score (nSPS) is 18.4. The van der Waals surface area contributed by atoms with Gasteiger partial charge in [-0.2, -0.15) is 0 Å². The molecule has 0 fully saturated rings. The van der Waals surface area contributed by atoms with Gasteiger partial charge in [-0.25, -0.2) is 0 Å². The molecule has 2 aromatic rings. The third-order valence-electron chi connectivity index (χ3n) is 3.42. The highest BCUT2D eigenvalue weighted by Crippen LogP contribution is 2.38. The lowest BCUT2D eigenvalue weighted by atomic mass is 10.1. The predicted molar refractivity (Wildman–Crippen MR) is 66.8 cm³/mol. The number of benzene rings is 1. The van der Waals surface area contributed by atoms with Crippen molar-refractivity contribution in [2.45, 2.75) is 18.9 Å².